The summed E-state index contributed by atoms with van der Waals surface area (Å²) in [6, 6.07) is 14.8. The van der Waals surface area contributed by atoms with Crippen molar-refractivity contribution in [3.05, 3.63) is 69.7 Å². The summed E-state index contributed by atoms with van der Waals surface area (Å²) in [4.78, 5) is 2.28. The zero-order valence-corrected chi connectivity index (χ0v) is 13.7. The topological polar surface area (TPSA) is 29.3 Å². The molecule has 0 fully saturated rings. The molecule has 1 atom stereocenters. The summed E-state index contributed by atoms with van der Waals surface area (Å²) in [6.45, 7) is 5.60. The van der Waals surface area contributed by atoms with Gasteiger partial charge in [-0.3, -0.25) is 4.90 Å². The van der Waals surface area contributed by atoms with E-state index in [9.17, 15) is 0 Å². The number of hydrogen-bond donors (Lipinski definition) is 1. The van der Waals surface area contributed by atoms with Crippen LogP contribution in [-0.2, 0) is 6.54 Å². The van der Waals surface area contributed by atoms with Crippen LogP contribution in [0.25, 0.3) is 0 Å². The Labute approximate surface area is 132 Å². The quantitative estimate of drug-likeness (QED) is 0.901. The van der Waals surface area contributed by atoms with Crippen molar-refractivity contribution in [2.75, 3.05) is 13.6 Å². The molecule has 2 rings (SSSR count). The molecule has 2 N–H and O–H groups in total. The monoisotopic (exact) mass is 302 g/mol. The molecule has 0 saturated carbocycles. The Balaban J connectivity index is 2.20. The molecule has 0 aliphatic carbocycles. The standard InChI is InChI=1S/C18H23ClN2/c1-13-6-4-5-7-16(13)12-21(3)18(11-20)15-9-8-14(2)17(19)10-15/h4-10,18H,11-12,20H2,1-3H3. The van der Waals surface area contributed by atoms with E-state index < -0.39 is 0 Å². The van der Waals surface area contributed by atoms with Crippen molar-refractivity contribution in [1.82, 2.24) is 4.90 Å². The van der Waals surface area contributed by atoms with E-state index in [1.165, 1.54) is 16.7 Å². The van der Waals surface area contributed by atoms with Gasteiger partial charge in [0.2, 0.25) is 0 Å². The highest BCUT2D eigenvalue weighted by atomic mass is 35.5. The van der Waals surface area contributed by atoms with Crippen LogP contribution < -0.4 is 5.73 Å². The van der Waals surface area contributed by atoms with Crippen molar-refractivity contribution in [2.45, 2.75) is 26.4 Å². The summed E-state index contributed by atoms with van der Waals surface area (Å²) in [5, 5.41) is 0.801. The van der Waals surface area contributed by atoms with E-state index in [0.29, 0.717) is 6.54 Å². The van der Waals surface area contributed by atoms with Crippen LogP contribution in [0.3, 0.4) is 0 Å². The van der Waals surface area contributed by atoms with Gasteiger partial charge in [0, 0.05) is 24.2 Å². The van der Waals surface area contributed by atoms with Crippen molar-refractivity contribution in [3.63, 3.8) is 0 Å². The Bertz CT molecular complexity index is 610. The molecule has 0 aliphatic heterocycles. The fourth-order valence-electron chi connectivity index (χ4n) is 2.55. The van der Waals surface area contributed by atoms with Gasteiger partial charge in [0.25, 0.3) is 0 Å². The molecule has 0 aliphatic rings. The third kappa shape index (κ3) is 3.85. The van der Waals surface area contributed by atoms with Crippen LogP contribution in [0.2, 0.25) is 5.02 Å². The zero-order valence-electron chi connectivity index (χ0n) is 12.9. The number of nitrogens with two attached hydrogens (primary N) is 1. The average molecular weight is 303 g/mol. The maximum Gasteiger partial charge on any atom is 0.0471 e. The summed E-state index contributed by atoms with van der Waals surface area (Å²) in [5.74, 6) is 0. The maximum absolute atomic E-state index is 6.25. The van der Waals surface area contributed by atoms with Crippen LogP contribution in [0.1, 0.15) is 28.3 Å². The van der Waals surface area contributed by atoms with E-state index in [-0.39, 0.29) is 6.04 Å². The second-order valence-corrected chi connectivity index (χ2v) is 6.01. The fourth-order valence-corrected chi connectivity index (χ4v) is 2.74. The Hall–Kier alpha value is -1.35. The molecule has 2 aromatic carbocycles. The predicted molar refractivity (Wildman–Crippen MR) is 90.6 cm³/mol. The lowest BCUT2D eigenvalue weighted by Gasteiger charge is -2.28. The minimum absolute atomic E-state index is 0.169. The maximum atomic E-state index is 6.25. The molecule has 0 aromatic heterocycles. The summed E-state index contributed by atoms with van der Waals surface area (Å²) in [6.07, 6.45) is 0. The van der Waals surface area contributed by atoms with E-state index in [1.54, 1.807) is 0 Å². The largest absolute Gasteiger partial charge is 0.329 e. The Kier molecular flexibility index (Phi) is 5.40. The molecule has 1 unspecified atom stereocenters. The van der Waals surface area contributed by atoms with Gasteiger partial charge in [-0.1, -0.05) is 48.0 Å². The molecule has 0 spiro atoms. The molecular weight excluding hydrogens is 280 g/mol. The van der Waals surface area contributed by atoms with Gasteiger partial charge in [-0.05, 0) is 49.2 Å². The molecule has 0 heterocycles. The van der Waals surface area contributed by atoms with Crippen LogP contribution >= 0.6 is 11.6 Å². The van der Waals surface area contributed by atoms with Crippen LogP contribution in [0, 0.1) is 13.8 Å². The Morgan fingerprint density at radius 1 is 1.10 bits per heavy atom. The second kappa shape index (κ2) is 7.08. The zero-order chi connectivity index (χ0) is 15.4. The summed E-state index contributed by atoms with van der Waals surface area (Å²) < 4.78 is 0. The number of hydrogen-bond acceptors (Lipinski definition) is 2. The van der Waals surface area contributed by atoms with Crippen molar-refractivity contribution >= 4 is 11.6 Å². The van der Waals surface area contributed by atoms with Gasteiger partial charge in [0.1, 0.15) is 0 Å². The number of likely N-dealkylation sites (N-methyl/N-ethyl adjacent to an activating group) is 1. The Morgan fingerprint density at radius 2 is 1.81 bits per heavy atom. The van der Waals surface area contributed by atoms with Crippen LogP contribution in [0.15, 0.2) is 42.5 Å². The average Bonchev–Trinajstić information content (AvgIpc) is 2.46. The number of nitrogens with zero attached hydrogens (tertiary/aromatic N) is 1. The fraction of sp³-hybridized carbons (Fsp3) is 0.333. The molecule has 0 saturated heterocycles. The molecule has 2 nitrogen and oxygen atoms in total. The molecule has 3 heteroatoms. The van der Waals surface area contributed by atoms with Crippen LogP contribution in [-0.4, -0.2) is 18.5 Å². The highest BCUT2D eigenvalue weighted by molar-refractivity contribution is 6.31. The van der Waals surface area contributed by atoms with Crippen molar-refractivity contribution in [1.29, 1.82) is 0 Å². The molecule has 0 bridgehead atoms. The van der Waals surface area contributed by atoms with Gasteiger partial charge in [-0.25, -0.2) is 0 Å². The molecule has 21 heavy (non-hydrogen) atoms. The van der Waals surface area contributed by atoms with E-state index in [2.05, 4.69) is 55.3 Å². The minimum Gasteiger partial charge on any atom is -0.329 e. The third-order valence-electron chi connectivity index (χ3n) is 4.02. The summed E-state index contributed by atoms with van der Waals surface area (Å²) >= 11 is 6.25. The number of aryl methyl sites for hydroxylation is 2. The third-order valence-corrected chi connectivity index (χ3v) is 4.42. The molecule has 0 radical (unpaired) electrons. The van der Waals surface area contributed by atoms with Crippen LogP contribution in [0.5, 0.6) is 0 Å². The smallest absolute Gasteiger partial charge is 0.0471 e. The molecule has 2 aromatic rings. The predicted octanol–water partition coefficient (Wildman–Crippen LogP) is 4.09. The summed E-state index contributed by atoms with van der Waals surface area (Å²) in [7, 11) is 2.11. The number of rotatable bonds is 5. The number of benzene rings is 2. The number of halogens is 1. The van der Waals surface area contributed by atoms with E-state index in [0.717, 1.165) is 17.1 Å². The van der Waals surface area contributed by atoms with E-state index in [1.807, 2.05) is 13.0 Å². The first-order chi connectivity index (χ1) is 10.0. The van der Waals surface area contributed by atoms with E-state index in [4.69, 9.17) is 17.3 Å². The van der Waals surface area contributed by atoms with Crippen LogP contribution in [0.4, 0.5) is 0 Å². The normalized spacial score (nSPS) is 12.7. The van der Waals surface area contributed by atoms with Gasteiger partial charge < -0.3 is 5.73 Å². The lowest BCUT2D eigenvalue weighted by Crippen LogP contribution is -2.30. The van der Waals surface area contributed by atoms with Gasteiger partial charge >= 0.3 is 0 Å². The lowest BCUT2D eigenvalue weighted by atomic mass is 10.0. The first kappa shape index (κ1) is 16.0. The molecule has 0 amide bonds. The highest BCUT2D eigenvalue weighted by Crippen LogP contribution is 2.25. The second-order valence-electron chi connectivity index (χ2n) is 5.60. The van der Waals surface area contributed by atoms with Gasteiger partial charge in [-0.2, -0.15) is 0 Å². The molecular formula is C18H23ClN2. The SMILES string of the molecule is Cc1ccc(C(CN)N(C)Cc2ccccc2C)cc1Cl. The van der Waals surface area contributed by atoms with Crippen molar-refractivity contribution < 1.29 is 0 Å². The minimum atomic E-state index is 0.169. The first-order valence-electron chi connectivity index (χ1n) is 7.23. The van der Waals surface area contributed by atoms with Crippen molar-refractivity contribution in [3.8, 4) is 0 Å². The lowest BCUT2D eigenvalue weighted by molar-refractivity contribution is 0.241. The highest BCUT2D eigenvalue weighted by Gasteiger charge is 2.17. The van der Waals surface area contributed by atoms with Gasteiger partial charge in [0.15, 0.2) is 0 Å². The van der Waals surface area contributed by atoms with Gasteiger partial charge in [0.05, 0.1) is 0 Å². The van der Waals surface area contributed by atoms with E-state index >= 15 is 0 Å². The van der Waals surface area contributed by atoms with Gasteiger partial charge in [-0.15, -0.1) is 0 Å². The molecule has 112 valence electrons. The first-order valence-corrected chi connectivity index (χ1v) is 7.61. The Morgan fingerprint density at radius 3 is 2.43 bits per heavy atom. The van der Waals surface area contributed by atoms with Crippen molar-refractivity contribution in [2.24, 2.45) is 5.73 Å². The summed E-state index contributed by atoms with van der Waals surface area (Å²) in [5.41, 5.74) is 10.9.